The van der Waals surface area contributed by atoms with Crippen molar-refractivity contribution in [1.29, 1.82) is 0 Å². The highest BCUT2D eigenvalue weighted by atomic mass is 16.5. The molecule has 0 amide bonds. The second-order valence-corrected chi connectivity index (χ2v) is 6.47. The van der Waals surface area contributed by atoms with Crippen LogP contribution in [0.1, 0.15) is 16.8 Å². The van der Waals surface area contributed by atoms with Crippen molar-refractivity contribution in [1.82, 2.24) is 9.78 Å². The van der Waals surface area contributed by atoms with Crippen LogP contribution in [-0.4, -0.2) is 30.5 Å². The molecule has 3 aromatic rings. The van der Waals surface area contributed by atoms with Crippen LogP contribution in [0.3, 0.4) is 0 Å². The minimum absolute atomic E-state index is 0.150. The molecule has 26 heavy (non-hydrogen) atoms. The molecule has 1 aromatic heterocycles. The Bertz CT molecular complexity index is 1060. The Morgan fingerprint density at radius 3 is 2.58 bits per heavy atom. The van der Waals surface area contributed by atoms with Crippen LogP contribution < -0.4 is 20.3 Å². The summed E-state index contributed by atoms with van der Waals surface area (Å²) in [6.07, 6.45) is 1.68. The van der Waals surface area contributed by atoms with Crippen LogP contribution in [0.25, 0.3) is 10.8 Å². The second-order valence-electron chi connectivity index (χ2n) is 6.47. The molecule has 0 radical (unpaired) electrons. The molecule has 4 rings (SSSR count). The molecular formula is C20H21N3O3. The van der Waals surface area contributed by atoms with Crippen molar-refractivity contribution in [3.05, 3.63) is 57.5 Å². The van der Waals surface area contributed by atoms with Gasteiger partial charge in [0.25, 0.3) is 5.56 Å². The first-order chi connectivity index (χ1) is 12.6. The third kappa shape index (κ3) is 2.67. The Labute approximate surface area is 151 Å². The number of nitrogens with zero attached hydrogens (tertiary/aromatic N) is 2. The molecule has 0 fully saturated rings. The SMILES string of the molecule is COc1cc2c(Cc3ccc4c(c3)CCN4)nn(C)c(=O)c2cc1OC. The minimum atomic E-state index is -0.150. The first kappa shape index (κ1) is 16.4. The zero-order chi connectivity index (χ0) is 18.3. The van der Waals surface area contributed by atoms with Crippen LogP contribution in [0.5, 0.6) is 11.5 Å². The van der Waals surface area contributed by atoms with Crippen LogP contribution in [-0.2, 0) is 19.9 Å². The predicted molar refractivity (Wildman–Crippen MR) is 102 cm³/mol. The topological polar surface area (TPSA) is 65.4 Å². The predicted octanol–water partition coefficient (Wildman–Crippen LogP) is 2.51. The summed E-state index contributed by atoms with van der Waals surface area (Å²) in [5, 5.41) is 9.26. The highest BCUT2D eigenvalue weighted by Gasteiger charge is 2.16. The van der Waals surface area contributed by atoms with Gasteiger partial charge in [-0.3, -0.25) is 4.79 Å². The largest absolute Gasteiger partial charge is 0.493 e. The van der Waals surface area contributed by atoms with E-state index >= 15 is 0 Å². The average molecular weight is 351 g/mol. The van der Waals surface area contributed by atoms with Gasteiger partial charge < -0.3 is 14.8 Å². The number of aromatic nitrogens is 2. The zero-order valence-electron chi connectivity index (χ0n) is 15.1. The van der Waals surface area contributed by atoms with E-state index in [0.717, 1.165) is 24.0 Å². The molecule has 134 valence electrons. The Morgan fingerprint density at radius 1 is 1.12 bits per heavy atom. The summed E-state index contributed by atoms with van der Waals surface area (Å²) in [7, 11) is 4.83. The van der Waals surface area contributed by atoms with Gasteiger partial charge in [0.1, 0.15) is 0 Å². The van der Waals surface area contributed by atoms with Crippen LogP contribution >= 0.6 is 0 Å². The van der Waals surface area contributed by atoms with Gasteiger partial charge in [-0.25, -0.2) is 4.68 Å². The number of benzene rings is 2. The van der Waals surface area contributed by atoms with Crippen LogP contribution in [0, 0.1) is 0 Å². The number of fused-ring (bicyclic) bond motifs is 2. The molecule has 1 aliphatic heterocycles. The Kier molecular flexibility index (Phi) is 4.03. The van der Waals surface area contributed by atoms with Crippen molar-refractivity contribution in [2.45, 2.75) is 12.8 Å². The lowest BCUT2D eigenvalue weighted by Gasteiger charge is -2.13. The summed E-state index contributed by atoms with van der Waals surface area (Å²) in [6.45, 7) is 0.983. The van der Waals surface area contributed by atoms with E-state index in [-0.39, 0.29) is 5.56 Å². The molecule has 6 heteroatoms. The van der Waals surface area contributed by atoms with E-state index in [0.29, 0.717) is 23.3 Å². The normalized spacial score (nSPS) is 12.7. The number of nitrogens with one attached hydrogen (secondary N) is 1. The molecule has 0 atom stereocenters. The molecule has 0 bridgehead atoms. The summed E-state index contributed by atoms with van der Waals surface area (Å²) in [6, 6.07) is 10.0. The standard InChI is InChI=1S/C20H21N3O3/c1-23-20(24)15-11-19(26-3)18(25-2)10-14(15)17(22-23)9-12-4-5-16-13(8-12)6-7-21-16/h4-5,8,10-11,21H,6-7,9H2,1-3H3. The lowest BCUT2D eigenvalue weighted by Crippen LogP contribution is -2.21. The van der Waals surface area contributed by atoms with Gasteiger partial charge in [0.15, 0.2) is 11.5 Å². The third-order valence-corrected chi connectivity index (χ3v) is 4.88. The molecule has 0 saturated carbocycles. The van der Waals surface area contributed by atoms with Gasteiger partial charge in [0.05, 0.1) is 25.3 Å². The molecular weight excluding hydrogens is 330 g/mol. The summed E-state index contributed by atoms with van der Waals surface area (Å²) < 4.78 is 12.1. The average Bonchev–Trinajstić information content (AvgIpc) is 3.12. The molecule has 2 heterocycles. The van der Waals surface area contributed by atoms with Crippen LogP contribution in [0.15, 0.2) is 35.1 Å². The molecule has 0 unspecified atom stereocenters. The van der Waals surface area contributed by atoms with Crippen molar-refractivity contribution in [3.63, 3.8) is 0 Å². The highest BCUT2D eigenvalue weighted by Crippen LogP contribution is 2.32. The van der Waals surface area contributed by atoms with Gasteiger partial charge in [0, 0.05) is 31.1 Å². The number of anilines is 1. The number of hydrogen-bond donors (Lipinski definition) is 1. The van der Waals surface area contributed by atoms with Crippen LogP contribution in [0.4, 0.5) is 5.69 Å². The van der Waals surface area contributed by atoms with Gasteiger partial charge in [-0.1, -0.05) is 12.1 Å². The molecule has 6 nitrogen and oxygen atoms in total. The number of hydrogen-bond acceptors (Lipinski definition) is 5. The summed E-state index contributed by atoms with van der Waals surface area (Å²) in [4.78, 5) is 12.5. The van der Waals surface area contributed by atoms with Crippen molar-refractivity contribution in [2.75, 3.05) is 26.1 Å². The Morgan fingerprint density at radius 2 is 1.85 bits per heavy atom. The lowest BCUT2D eigenvalue weighted by atomic mass is 10.0. The lowest BCUT2D eigenvalue weighted by molar-refractivity contribution is 0.355. The van der Waals surface area contributed by atoms with E-state index in [1.807, 2.05) is 6.07 Å². The summed E-state index contributed by atoms with van der Waals surface area (Å²) >= 11 is 0. The van der Waals surface area contributed by atoms with Gasteiger partial charge in [0.2, 0.25) is 0 Å². The van der Waals surface area contributed by atoms with Gasteiger partial charge in [-0.05, 0) is 35.7 Å². The number of ether oxygens (including phenoxy) is 2. The van der Waals surface area contributed by atoms with E-state index < -0.39 is 0 Å². The maximum atomic E-state index is 12.5. The van der Waals surface area contributed by atoms with Crippen molar-refractivity contribution in [2.24, 2.45) is 7.05 Å². The fourth-order valence-corrected chi connectivity index (χ4v) is 3.54. The van der Waals surface area contributed by atoms with E-state index in [2.05, 4.69) is 28.6 Å². The molecule has 1 N–H and O–H groups in total. The third-order valence-electron chi connectivity index (χ3n) is 4.88. The smallest absolute Gasteiger partial charge is 0.274 e. The minimum Gasteiger partial charge on any atom is -0.493 e. The second kappa shape index (κ2) is 6.37. The van der Waals surface area contributed by atoms with Crippen molar-refractivity contribution >= 4 is 16.5 Å². The monoisotopic (exact) mass is 351 g/mol. The van der Waals surface area contributed by atoms with Gasteiger partial charge in [-0.2, -0.15) is 5.10 Å². The first-order valence-corrected chi connectivity index (χ1v) is 8.58. The molecule has 0 aliphatic carbocycles. The fraction of sp³-hybridized carbons (Fsp3) is 0.300. The fourth-order valence-electron chi connectivity index (χ4n) is 3.54. The summed E-state index contributed by atoms with van der Waals surface area (Å²) in [5.41, 5.74) is 4.40. The Hall–Kier alpha value is -3.02. The van der Waals surface area contributed by atoms with E-state index in [1.54, 1.807) is 27.3 Å². The highest BCUT2D eigenvalue weighted by molar-refractivity contribution is 5.87. The molecule has 1 aliphatic rings. The first-order valence-electron chi connectivity index (χ1n) is 8.58. The number of rotatable bonds is 4. The zero-order valence-corrected chi connectivity index (χ0v) is 15.1. The maximum Gasteiger partial charge on any atom is 0.274 e. The van der Waals surface area contributed by atoms with E-state index in [9.17, 15) is 4.79 Å². The van der Waals surface area contributed by atoms with Gasteiger partial charge in [-0.15, -0.1) is 0 Å². The van der Waals surface area contributed by atoms with Crippen molar-refractivity contribution in [3.8, 4) is 11.5 Å². The number of aryl methyl sites for hydroxylation is 1. The Balaban J connectivity index is 1.86. The van der Waals surface area contributed by atoms with Crippen molar-refractivity contribution < 1.29 is 9.47 Å². The van der Waals surface area contributed by atoms with Crippen LogP contribution in [0.2, 0.25) is 0 Å². The maximum absolute atomic E-state index is 12.5. The van der Waals surface area contributed by atoms with E-state index in [4.69, 9.17) is 9.47 Å². The molecule has 0 spiro atoms. The summed E-state index contributed by atoms with van der Waals surface area (Å²) in [5.74, 6) is 1.13. The molecule has 2 aromatic carbocycles. The quantitative estimate of drug-likeness (QED) is 0.782. The molecule has 0 saturated heterocycles. The number of methoxy groups -OCH3 is 2. The van der Waals surface area contributed by atoms with Gasteiger partial charge >= 0.3 is 0 Å². The van der Waals surface area contributed by atoms with E-state index in [1.165, 1.54) is 21.5 Å².